The molecule has 1 rings (SSSR count). The summed E-state index contributed by atoms with van der Waals surface area (Å²) in [6.07, 6.45) is 1.65. The maximum Gasteiger partial charge on any atom is 0.269 e. The Bertz CT molecular complexity index is 582. The molecule has 0 aliphatic carbocycles. The summed E-state index contributed by atoms with van der Waals surface area (Å²) in [5.41, 5.74) is 5.26. The lowest BCUT2D eigenvalue weighted by atomic mass is 9.88. The van der Waals surface area contributed by atoms with Crippen molar-refractivity contribution in [3.63, 3.8) is 0 Å². The Morgan fingerprint density at radius 2 is 2.05 bits per heavy atom. The van der Waals surface area contributed by atoms with Gasteiger partial charge in [-0.15, -0.1) is 10.2 Å². The van der Waals surface area contributed by atoms with E-state index in [1.807, 2.05) is 13.8 Å². The predicted molar refractivity (Wildman–Crippen MR) is 81.5 cm³/mol. The van der Waals surface area contributed by atoms with Gasteiger partial charge in [-0.25, -0.2) is 13.1 Å². The topological polar surface area (TPSA) is 127 Å². The molecule has 0 unspecified atom stereocenters. The van der Waals surface area contributed by atoms with E-state index in [1.165, 1.54) is 6.92 Å². The first kappa shape index (κ1) is 18.0. The van der Waals surface area contributed by atoms with Crippen molar-refractivity contribution >= 4 is 32.4 Å². The average Bonchev–Trinajstić information content (AvgIpc) is 2.83. The highest BCUT2D eigenvalue weighted by atomic mass is 32.2. The standard InChI is InChI=1S/C11H21N5O3S2/c1-8(17)14-9-15-16-10(20-9)21(18,19)13-7-11(2,3)5-4-6-12/h13H,4-7,12H2,1-3H3,(H,14,15,17). The summed E-state index contributed by atoms with van der Waals surface area (Å²) in [7, 11) is -3.72. The van der Waals surface area contributed by atoms with E-state index in [-0.39, 0.29) is 27.3 Å². The van der Waals surface area contributed by atoms with Gasteiger partial charge in [-0.1, -0.05) is 25.2 Å². The van der Waals surface area contributed by atoms with Gasteiger partial charge in [-0.2, -0.15) is 0 Å². The molecule has 0 aromatic carbocycles. The molecule has 0 aliphatic heterocycles. The third-order valence-electron chi connectivity index (χ3n) is 2.72. The number of carbonyl (C=O) groups is 1. The van der Waals surface area contributed by atoms with Crippen molar-refractivity contribution in [2.24, 2.45) is 11.1 Å². The lowest BCUT2D eigenvalue weighted by molar-refractivity contribution is -0.114. The number of amides is 1. The molecule has 1 aromatic rings. The lowest BCUT2D eigenvalue weighted by Gasteiger charge is -2.24. The fourth-order valence-electron chi connectivity index (χ4n) is 1.54. The van der Waals surface area contributed by atoms with Crippen molar-refractivity contribution < 1.29 is 13.2 Å². The average molecular weight is 335 g/mol. The second-order valence-corrected chi connectivity index (χ2v) is 8.35. The molecule has 0 aliphatic rings. The van der Waals surface area contributed by atoms with Crippen LogP contribution in [0.2, 0.25) is 0 Å². The quantitative estimate of drug-likeness (QED) is 0.595. The van der Waals surface area contributed by atoms with E-state index in [2.05, 4.69) is 20.2 Å². The van der Waals surface area contributed by atoms with Crippen LogP contribution in [0.15, 0.2) is 4.34 Å². The van der Waals surface area contributed by atoms with Crippen LogP contribution in [0.4, 0.5) is 5.13 Å². The van der Waals surface area contributed by atoms with Crippen LogP contribution in [0.25, 0.3) is 0 Å². The molecule has 0 bridgehead atoms. The molecule has 0 fully saturated rings. The van der Waals surface area contributed by atoms with Gasteiger partial charge in [-0.3, -0.25) is 4.79 Å². The first-order chi connectivity index (χ1) is 9.66. The SMILES string of the molecule is CC(=O)Nc1nnc(S(=O)(=O)NCC(C)(C)CCCN)s1. The Morgan fingerprint density at radius 3 is 2.62 bits per heavy atom. The van der Waals surface area contributed by atoms with Crippen LogP contribution in [0, 0.1) is 5.41 Å². The van der Waals surface area contributed by atoms with Crippen molar-refractivity contribution in [3.8, 4) is 0 Å². The molecule has 120 valence electrons. The fraction of sp³-hybridized carbons (Fsp3) is 0.727. The number of anilines is 1. The predicted octanol–water partition coefficient (Wildman–Crippen LogP) is 0.540. The first-order valence-corrected chi connectivity index (χ1v) is 8.77. The highest BCUT2D eigenvalue weighted by Gasteiger charge is 2.25. The third-order valence-corrected chi connectivity index (χ3v) is 5.33. The van der Waals surface area contributed by atoms with Gasteiger partial charge in [0.15, 0.2) is 0 Å². The van der Waals surface area contributed by atoms with Crippen molar-refractivity contribution in [1.82, 2.24) is 14.9 Å². The Labute approximate surface area is 128 Å². The van der Waals surface area contributed by atoms with Gasteiger partial charge >= 0.3 is 0 Å². The zero-order valence-corrected chi connectivity index (χ0v) is 14.0. The normalized spacial score (nSPS) is 12.4. The van der Waals surface area contributed by atoms with E-state index in [9.17, 15) is 13.2 Å². The first-order valence-electron chi connectivity index (χ1n) is 6.47. The highest BCUT2D eigenvalue weighted by molar-refractivity contribution is 7.91. The van der Waals surface area contributed by atoms with Crippen LogP contribution in [0.3, 0.4) is 0 Å². The Morgan fingerprint density at radius 1 is 1.38 bits per heavy atom. The van der Waals surface area contributed by atoms with Crippen LogP contribution >= 0.6 is 11.3 Å². The van der Waals surface area contributed by atoms with E-state index in [0.29, 0.717) is 6.54 Å². The van der Waals surface area contributed by atoms with Gasteiger partial charge < -0.3 is 11.1 Å². The van der Waals surface area contributed by atoms with Gasteiger partial charge in [-0.05, 0) is 24.8 Å². The van der Waals surface area contributed by atoms with Gasteiger partial charge in [0.2, 0.25) is 15.4 Å². The molecular weight excluding hydrogens is 314 g/mol. The molecule has 0 saturated heterocycles. The van der Waals surface area contributed by atoms with Crippen molar-refractivity contribution in [2.75, 3.05) is 18.4 Å². The summed E-state index contributed by atoms with van der Waals surface area (Å²) >= 11 is 0.812. The number of aromatic nitrogens is 2. The van der Waals surface area contributed by atoms with Crippen molar-refractivity contribution in [3.05, 3.63) is 0 Å². The van der Waals surface area contributed by atoms with Crippen LogP contribution in [0.5, 0.6) is 0 Å². The third kappa shape index (κ3) is 6.04. The maximum absolute atomic E-state index is 12.1. The van der Waals surface area contributed by atoms with Gasteiger partial charge in [0, 0.05) is 13.5 Å². The largest absolute Gasteiger partial charge is 0.330 e. The number of hydrogen-bond acceptors (Lipinski definition) is 7. The molecule has 0 spiro atoms. The number of nitrogens with one attached hydrogen (secondary N) is 2. The van der Waals surface area contributed by atoms with Crippen molar-refractivity contribution in [1.29, 1.82) is 0 Å². The zero-order valence-electron chi connectivity index (χ0n) is 12.3. The minimum atomic E-state index is -3.72. The van der Waals surface area contributed by atoms with E-state index in [4.69, 9.17) is 5.73 Å². The summed E-state index contributed by atoms with van der Waals surface area (Å²) in [5.74, 6) is -0.328. The molecule has 0 saturated carbocycles. The molecule has 0 atom stereocenters. The number of nitrogens with two attached hydrogens (primary N) is 1. The second kappa shape index (κ2) is 7.25. The van der Waals surface area contributed by atoms with Gasteiger partial charge in [0.1, 0.15) is 0 Å². The van der Waals surface area contributed by atoms with Crippen LogP contribution in [-0.2, 0) is 14.8 Å². The zero-order chi connectivity index (χ0) is 16.1. The highest BCUT2D eigenvalue weighted by Crippen LogP contribution is 2.23. The van der Waals surface area contributed by atoms with Crippen LogP contribution in [-0.4, -0.2) is 37.6 Å². The summed E-state index contributed by atoms with van der Waals surface area (Å²) in [5, 5.41) is 9.76. The Balaban J connectivity index is 2.69. The monoisotopic (exact) mass is 335 g/mol. The lowest BCUT2D eigenvalue weighted by Crippen LogP contribution is -2.34. The molecule has 4 N–H and O–H groups in total. The number of carbonyl (C=O) groups excluding carboxylic acids is 1. The fourth-order valence-corrected chi connectivity index (χ4v) is 3.77. The number of nitrogens with zero attached hydrogens (tertiary/aromatic N) is 2. The Hall–Kier alpha value is -1.10. The molecule has 1 amide bonds. The Kier molecular flexibility index (Phi) is 6.20. The second-order valence-electron chi connectivity index (χ2n) is 5.44. The van der Waals surface area contributed by atoms with Crippen molar-refractivity contribution in [2.45, 2.75) is 38.0 Å². The summed E-state index contributed by atoms with van der Waals surface area (Å²) in [6, 6.07) is 0. The molecule has 21 heavy (non-hydrogen) atoms. The van der Waals surface area contributed by atoms with Gasteiger partial charge in [0.05, 0.1) is 0 Å². The molecule has 0 radical (unpaired) electrons. The van der Waals surface area contributed by atoms with E-state index in [1.54, 1.807) is 0 Å². The smallest absolute Gasteiger partial charge is 0.269 e. The molecular formula is C11H21N5O3S2. The van der Waals surface area contributed by atoms with Crippen LogP contribution in [0.1, 0.15) is 33.6 Å². The molecule has 1 aromatic heterocycles. The molecule has 10 heteroatoms. The minimum Gasteiger partial charge on any atom is -0.330 e. The molecule has 1 heterocycles. The molecule has 8 nitrogen and oxygen atoms in total. The summed E-state index contributed by atoms with van der Waals surface area (Å²) in [4.78, 5) is 10.9. The minimum absolute atomic E-state index is 0.158. The number of rotatable bonds is 8. The summed E-state index contributed by atoms with van der Waals surface area (Å²) < 4.78 is 26.6. The van der Waals surface area contributed by atoms with E-state index in [0.717, 1.165) is 24.2 Å². The van der Waals surface area contributed by atoms with Crippen LogP contribution < -0.4 is 15.8 Å². The number of hydrogen-bond donors (Lipinski definition) is 3. The summed E-state index contributed by atoms with van der Waals surface area (Å²) in [6.45, 7) is 6.10. The number of sulfonamides is 1. The van der Waals surface area contributed by atoms with E-state index < -0.39 is 10.0 Å². The van der Waals surface area contributed by atoms with Gasteiger partial charge in [0.25, 0.3) is 10.0 Å². The maximum atomic E-state index is 12.1. The van der Waals surface area contributed by atoms with E-state index >= 15 is 0 Å².